The summed E-state index contributed by atoms with van der Waals surface area (Å²) in [5, 5.41) is 4.38. The molecule has 4 rings (SSSR count). The van der Waals surface area contributed by atoms with Crippen molar-refractivity contribution in [2.24, 2.45) is 11.0 Å². The van der Waals surface area contributed by atoms with Gasteiger partial charge in [-0.05, 0) is 86.7 Å². The topological polar surface area (TPSA) is 131 Å². The number of hydrazine groups is 1. The molecule has 0 atom stereocenters. The zero-order valence-electron chi connectivity index (χ0n) is 22.9. The number of carbonyl (C=O) groups excluding carboxylic acids is 2. The second-order valence-electron chi connectivity index (χ2n) is 10.2. The lowest BCUT2D eigenvalue weighted by molar-refractivity contribution is 0.0744. The monoisotopic (exact) mass is 527 g/mol. The lowest BCUT2D eigenvalue weighted by atomic mass is 9.96. The van der Waals surface area contributed by atoms with Crippen LogP contribution in [0.25, 0.3) is 22.0 Å². The highest BCUT2D eigenvalue weighted by Gasteiger charge is 2.23. The number of pyridine rings is 1. The molecule has 0 aliphatic rings. The molecule has 4 aromatic rings. The molecule has 2 heterocycles. The molecule has 0 saturated heterocycles. The van der Waals surface area contributed by atoms with Crippen LogP contribution in [0.2, 0.25) is 0 Å². The van der Waals surface area contributed by atoms with E-state index in [1.165, 1.54) is 6.07 Å². The van der Waals surface area contributed by atoms with E-state index in [-0.39, 0.29) is 23.7 Å². The van der Waals surface area contributed by atoms with Crippen molar-refractivity contribution in [1.82, 2.24) is 14.6 Å². The molecule has 2 aromatic heterocycles. The first kappa shape index (κ1) is 27.7. The van der Waals surface area contributed by atoms with Crippen LogP contribution in [0.1, 0.15) is 76.3 Å². The van der Waals surface area contributed by atoms with Crippen molar-refractivity contribution in [3.05, 3.63) is 97.4 Å². The molecule has 0 unspecified atom stereocenters. The van der Waals surface area contributed by atoms with E-state index in [4.69, 9.17) is 5.84 Å². The lowest BCUT2D eigenvalue weighted by Gasteiger charge is -2.20. The highest BCUT2D eigenvalue weighted by Crippen LogP contribution is 2.34. The molecular weight excluding hydrogens is 494 g/mol. The van der Waals surface area contributed by atoms with E-state index in [1.54, 1.807) is 24.3 Å². The molecule has 2 amide bonds. The van der Waals surface area contributed by atoms with Crippen molar-refractivity contribution in [2.75, 3.05) is 0 Å². The third-order valence-electron chi connectivity index (χ3n) is 6.91. The van der Waals surface area contributed by atoms with Gasteiger partial charge in [0.25, 0.3) is 11.5 Å². The number of rotatable bonds is 8. The Morgan fingerprint density at radius 3 is 2.51 bits per heavy atom. The minimum Gasteiger partial charge on any atom is -0.345 e. The normalized spacial score (nSPS) is 11.3. The molecule has 0 bridgehead atoms. The average Bonchev–Trinajstić information content (AvgIpc) is 3.26. The standard InChI is InChI=1S/C30H33N5O4/c1-6-8-21-11-19(5)32-29(37)25(21)16-35(31)30(38)24-13-23(20-9-7-10-22(12-20)28(36)33-39)14-26-27(24)18(4)15-34(26)17(2)3/h7,9-15,17H,6,8,16,31H2,1-5H3,(H,32,37). The fraction of sp³-hybridized carbons (Fsp3) is 0.300. The van der Waals surface area contributed by atoms with Crippen LogP contribution in [-0.2, 0) is 13.0 Å². The van der Waals surface area contributed by atoms with E-state index in [1.807, 2.05) is 39.1 Å². The molecule has 0 spiro atoms. The zero-order chi connectivity index (χ0) is 28.4. The van der Waals surface area contributed by atoms with Gasteiger partial charge in [0.15, 0.2) is 0 Å². The second-order valence-corrected chi connectivity index (χ2v) is 10.2. The summed E-state index contributed by atoms with van der Waals surface area (Å²) in [4.78, 5) is 52.3. The van der Waals surface area contributed by atoms with Crippen LogP contribution in [0, 0.1) is 18.8 Å². The number of nitrogens with two attached hydrogens (primary N) is 1. The smallest absolute Gasteiger partial charge is 0.316 e. The van der Waals surface area contributed by atoms with Gasteiger partial charge in [0.05, 0.1) is 12.1 Å². The Balaban J connectivity index is 1.86. The van der Waals surface area contributed by atoms with E-state index < -0.39 is 11.8 Å². The van der Waals surface area contributed by atoms with Gasteiger partial charge < -0.3 is 9.55 Å². The summed E-state index contributed by atoms with van der Waals surface area (Å²) in [6.45, 7) is 9.86. The number of nitroso groups, excluding NO2 is 1. The van der Waals surface area contributed by atoms with Gasteiger partial charge in [0, 0.05) is 45.1 Å². The van der Waals surface area contributed by atoms with Crippen LogP contribution in [0.15, 0.2) is 58.6 Å². The predicted molar refractivity (Wildman–Crippen MR) is 152 cm³/mol. The molecule has 0 aliphatic heterocycles. The summed E-state index contributed by atoms with van der Waals surface area (Å²) in [6.07, 6.45) is 3.54. The van der Waals surface area contributed by atoms with Crippen molar-refractivity contribution in [3.63, 3.8) is 0 Å². The maximum Gasteiger partial charge on any atom is 0.316 e. The Labute approximate surface area is 226 Å². The van der Waals surface area contributed by atoms with Gasteiger partial charge in [-0.3, -0.25) is 19.4 Å². The maximum atomic E-state index is 13.9. The van der Waals surface area contributed by atoms with Crippen molar-refractivity contribution in [2.45, 2.75) is 60.0 Å². The Morgan fingerprint density at radius 2 is 1.85 bits per heavy atom. The Hall–Kier alpha value is -4.37. The molecule has 3 N–H and O–H groups in total. The predicted octanol–water partition coefficient (Wildman–Crippen LogP) is 5.57. The zero-order valence-corrected chi connectivity index (χ0v) is 22.9. The number of H-pyrrole nitrogens is 1. The van der Waals surface area contributed by atoms with E-state index in [2.05, 4.69) is 28.6 Å². The summed E-state index contributed by atoms with van der Waals surface area (Å²) in [7, 11) is 0. The van der Waals surface area contributed by atoms with Crippen molar-refractivity contribution in [3.8, 4) is 11.1 Å². The number of hydrogen-bond donors (Lipinski definition) is 2. The van der Waals surface area contributed by atoms with E-state index in [0.717, 1.165) is 39.2 Å². The third kappa shape index (κ3) is 5.44. The highest BCUT2D eigenvalue weighted by molar-refractivity contribution is 6.09. The maximum absolute atomic E-state index is 13.9. The molecule has 0 aliphatic carbocycles. The van der Waals surface area contributed by atoms with Gasteiger partial charge >= 0.3 is 5.91 Å². The van der Waals surface area contributed by atoms with Gasteiger partial charge in [-0.2, -0.15) is 0 Å². The van der Waals surface area contributed by atoms with Crippen LogP contribution >= 0.6 is 0 Å². The minimum absolute atomic E-state index is 0.0472. The molecule has 39 heavy (non-hydrogen) atoms. The molecule has 9 nitrogen and oxygen atoms in total. The molecule has 2 aromatic carbocycles. The average molecular weight is 528 g/mol. The van der Waals surface area contributed by atoms with E-state index in [9.17, 15) is 19.3 Å². The molecule has 0 saturated carbocycles. The fourth-order valence-corrected chi connectivity index (χ4v) is 5.08. The number of amides is 2. The number of carbonyl (C=O) groups is 2. The summed E-state index contributed by atoms with van der Waals surface area (Å²) >= 11 is 0. The van der Waals surface area contributed by atoms with Gasteiger partial charge in [-0.1, -0.05) is 25.5 Å². The van der Waals surface area contributed by atoms with Gasteiger partial charge in [-0.25, -0.2) is 5.84 Å². The number of nitrogens with one attached hydrogen (secondary N) is 1. The first-order valence-corrected chi connectivity index (χ1v) is 13.0. The minimum atomic E-state index is -0.866. The molecular formula is C30H33N5O4. The van der Waals surface area contributed by atoms with Crippen molar-refractivity contribution in [1.29, 1.82) is 0 Å². The van der Waals surface area contributed by atoms with Crippen molar-refractivity contribution < 1.29 is 9.59 Å². The van der Waals surface area contributed by atoms with Gasteiger partial charge in [0.1, 0.15) is 0 Å². The first-order valence-electron chi connectivity index (χ1n) is 13.0. The Kier molecular flexibility index (Phi) is 7.92. The summed E-state index contributed by atoms with van der Waals surface area (Å²) in [6, 6.07) is 12.3. The van der Waals surface area contributed by atoms with E-state index >= 15 is 0 Å². The second kappa shape index (κ2) is 11.2. The largest absolute Gasteiger partial charge is 0.345 e. The van der Waals surface area contributed by atoms with Gasteiger partial charge in [0.2, 0.25) is 0 Å². The SMILES string of the molecule is CCCc1cc(C)[nH]c(=O)c1CN(N)C(=O)c1cc(-c2cccc(C(=O)N=O)c2)cc2c1c(C)cn2C(C)C. The van der Waals surface area contributed by atoms with Gasteiger partial charge in [-0.15, -0.1) is 4.91 Å². The lowest BCUT2D eigenvalue weighted by Crippen LogP contribution is -2.39. The molecule has 9 heteroatoms. The summed E-state index contributed by atoms with van der Waals surface area (Å²) in [5.41, 5.74) is 5.46. The van der Waals surface area contributed by atoms with Crippen LogP contribution in [0.5, 0.6) is 0 Å². The van der Waals surface area contributed by atoms with Crippen LogP contribution < -0.4 is 11.4 Å². The summed E-state index contributed by atoms with van der Waals surface area (Å²) in [5.74, 6) is 5.06. The van der Waals surface area contributed by atoms with Crippen LogP contribution in [-0.4, -0.2) is 26.4 Å². The number of benzene rings is 2. The third-order valence-corrected chi connectivity index (χ3v) is 6.91. The number of aryl methyl sites for hydroxylation is 3. The van der Waals surface area contributed by atoms with Crippen LogP contribution in [0.4, 0.5) is 0 Å². The highest BCUT2D eigenvalue weighted by atomic mass is 16.3. The number of aromatic amines is 1. The number of fused-ring (bicyclic) bond motifs is 1. The van der Waals surface area contributed by atoms with Crippen LogP contribution in [0.3, 0.4) is 0 Å². The Morgan fingerprint density at radius 1 is 1.10 bits per heavy atom. The summed E-state index contributed by atoms with van der Waals surface area (Å²) < 4.78 is 2.08. The first-order chi connectivity index (χ1) is 18.5. The number of hydrogen-bond acceptors (Lipinski definition) is 5. The quantitative estimate of drug-likeness (QED) is 0.134. The number of nitrogens with zero attached hydrogens (tertiary/aromatic N) is 3. The fourth-order valence-electron chi connectivity index (χ4n) is 5.08. The number of aromatic nitrogens is 2. The molecule has 0 fully saturated rings. The van der Waals surface area contributed by atoms with E-state index in [0.29, 0.717) is 28.7 Å². The Bertz CT molecular complexity index is 1650. The molecule has 0 radical (unpaired) electrons. The molecule has 202 valence electrons. The van der Waals surface area contributed by atoms with Crippen molar-refractivity contribution >= 4 is 22.7 Å².